The first-order chi connectivity index (χ1) is 18.7. The van der Waals surface area contributed by atoms with E-state index in [2.05, 4.69) is 34.6 Å². The van der Waals surface area contributed by atoms with Crippen LogP contribution in [0.5, 0.6) is 5.75 Å². The summed E-state index contributed by atoms with van der Waals surface area (Å²) >= 11 is 0. The van der Waals surface area contributed by atoms with Crippen molar-refractivity contribution in [2.75, 3.05) is 13.7 Å². The van der Waals surface area contributed by atoms with Crippen LogP contribution in [0.25, 0.3) is 27.8 Å². The Bertz CT molecular complexity index is 1670. The summed E-state index contributed by atoms with van der Waals surface area (Å²) in [5.41, 5.74) is 5.67. The Balaban J connectivity index is 1.25. The van der Waals surface area contributed by atoms with E-state index in [1.54, 1.807) is 7.11 Å². The van der Waals surface area contributed by atoms with Crippen LogP contribution in [0.3, 0.4) is 0 Å². The summed E-state index contributed by atoms with van der Waals surface area (Å²) < 4.78 is 10.1. The Morgan fingerprint density at radius 2 is 1.97 bits per heavy atom. The number of hydrogen-bond donors (Lipinski definition) is 1. The van der Waals surface area contributed by atoms with Gasteiger partial charge in [-0.2, -0.15) is 5.10 Å². The number of carbonyl (C=O) groups is 1. The number of ether oxygens (including phenoxy) is 1. The molecule has 0 bridgehead atoms. The highest BCUT2D eigenvalue weighted by Gasteiger charge is 2.61. The van der Waals surface area contributed by atoms with Gasteiger partial charge in [0.15, 0.2) is 0 Å². The van der Waals surface area contributed by atoms with Crippen LogP contribution >= 0.6 is 0 Å². The van der Waals surface area contributed by atoms with Crippen molar-refractivity contribution in [3.05, 3.63) is 53.2 Å². The molecule has 1 aromatic carbocycles. The van der Waals surface area contributed by atoms with Crippen molar-refractivity contribution in [3.63, 3.8) is 0 Å². The summed E-state index contributed by atoms with van der Waals surface area (Å²) in [6, 6.07) is 10.8. The van der Waals surface area contributed by atoms with E-state index >= 15 is 0 Å². The first kappa shape index (κ1) is 23.6. The molecule has 3 aliphatic carbocycles. The molecule has 1 aliphatic heterocycles. The fourth-order valence-corrected chi connectivity index (χ4v) is 7.75. The highest BCUT2D eigenvalue weighted by atomic mass is 16.5. The maximum Gasteiger partial charge on any atom is 0.255 e. The standard InChI is InChI=1S/C32H36N4O3/c1-17-29(26-10-19-7-8-23(32(2,3)38)13-24(19)34(26)14-18-5-6-18)33-36-16-22(12-27(39-4)30(17)36)31(37)35-15-21-9-20-11-25(35)28(20)21/h7-8,10,12-13,16,18,20-21,25,28,38H,5-6,9,11,14-15H2,1-4H3/t20?,21?,25?,28-/m1/s1. The summed E-state index contributed by atoms with van der Waals surface area (Å²) in [6.45, 7) is 7.58. The second-order valence-electron chi connectivity index (χ2n) is 13.1. The van der Waals surface area contributed by atoms with Gasteiger partial charge in [0.2, 0.25) is 0 Å². The van der Waals surface area contributed by atoms with Gasteiger partial charge in [-0.15, -0.1) is 0 Å². The third kappa shape index (κ3) is 3.38. The summed E-state index contributed by atoms with van der Waals surface area (Å²) in [7, 11) is 1.67. The van der Waals surface area contributed by atoms with Crippen molar-refractivity contribution in [1.82, 2.24) is 19.1 Å². The van der Waals surface area contributed by atoms with E-state index in [0.29, 0.717) is 29.2 Å². The van der Waals surface area contributed by atoms with Gasteiger partial charge >= 0.3 is 0 Å². The Labute approximate surface area is 228 Å². The zero-order valence-corrected chi connectivity index (χ0v) is 23.1. The lowest BCUT2D eigenvalue weighted by Gasteiger charge is -2.52. The predicted octanol–water partition coefficient (Wildman–Crippen LogP) is 5.39. The minimum atomic E-state index is -0.909. The number of nitrogens with zero attached hydrogens (tertiary/aromatic N) is 4. The van der Waals surface area contributed by atoms with Crippen LogP contribution < -0.4 is 4.74 Å². The number of likely N-dealkylation sites (tertiary alicyclic amines) is 1. The van der Waals surface area contributed by atoms with Gasteiger partial charge in [-0.3, -0.25) is 4.79 Å². The van der Waals surface area contributed by atoms with Crippen molar-refractivity contribution in [1.29, 1.82) is 0 Å². The normalized spacial score (nSPS) is 25.6. The lowest BCUT2D eigenvalue weighted by atomic mass is 9.53. The van der Waals surface area contributed by atoms with E-state index in [1.165, 1.54) is 19.3 Å². The number of methoxy groups -OCH3 is 1. The van der Waals surface area contributed by atoms with Gasteiger partial charge < -0.3 is 19.3 Å². The van der Waals surface area contributed by atoms with E-state index in [0.717, 1.165) is 70.3 Å². The molecular weight excluding hydrogens is 488 g/mol. The predicted molar refractivity (Wildman–Crippen MR) is 150 cm³/mol. The van der Waals surface area contributed by atoms with Crippen molar-refractivity contribution >= 4 is 22.3 Å². The lowest BCUT2D eigenvalue weighted by Crippen LogP contribution is -2.53. The Morgan fingerprint density at radius 1 is 1.15 bits per heavy atom. The summed E-state index contributed by atoms with van der Waals surface area (Å²) in [5, 5.41) is 16.9. The molecule has 0 radical (unpaired) electrons. The minimum Gasteiger partial charge on any atom is -0.494 e. The zero-order valence-electron chi connectivity index (χ0n) is 23.1. The first-order valence-electron chi connectivity index (χ1n) is 14.5. The van der Waals surface area contributed by atoms with Crippen LogP contribution in [0.4, 0.5) is 0 Å². The molecule has 7 heteroatoms. The molecule has 4 aliphatic rings. The maximum atomic E-state index is 13.7. The SMILES string of the molecule is COc1cc(C(=O)N2CC3CC4CC2[C@H]43)cn2nc(-c3cc4ccc(C(C)(C)O)cc4n3CC3CC3)c(C)c12. The zero-order chi connectivity index (χ0) is 26.8. The molecule has 4 atom stereocenters. The van der Waals surface area contributed by atoms with E-state index in [-0.39, 0.29) is 5.91 Å². The second kappa shape index (κ2) is 7.87. The molecule has 7 nitrogen and oxygen atoms in total. The van der Waals surface area contributed by atoms with Crippen LogP contribution in [-0.2, 0) is 12.1 Å². The van der Waals surface area contributed by atoms with Gasteiger partial charge in [-0.05, 0) is 93.9 Å². The van der Waals surface area contributed by atoms with Crippen molar-refractivity contribution in [3.8, 4) is 17.1 Å². The van der Waals surface area contributed by atoms with Gasteiger partial charge in [0.05, 0.1) is 24.0 Å². The molecule has 4 fully saturated rings. The number of aryl methyl sites for hydroxylation is 1. The van der Waals surface area contributed by atoms with Crippen LogP contribution in [-0.4, -0.2) is 49.8 Å². The largest absolute Gasteiger partial charge is 0.494 e. The van der Waals surface area contributed by atoms with Crippen LogP contribution in [0.15, 0.2) is 36.5 Å². The molecule has 202 valence electrons. The number of rotatable bonds is 6. The molecule has 1 amide bonds. The fourth-order valence-electron chi connectivity index (χ4n) is 7.75. The van der Waals surface area contributed by atoms with Crippen LogP contribution in [0.1, 0.15) is 61.0 Å². The number of carbonyl (C=O) groups excluding carboxylic acids is 1. The molecule has 1 N–H and O–H groups in total. The molecular formula is C32H36N4O3. The number of fused-ring (bicyclic) bond motifs is 2. The fraction of sp³-hybridized carbons (Fsp3) is 0.500. The average molecular weight is 525 g/mol. The molecule has 4 heterocycles. The number of benzene rings is 1. The van der Waals surface area contributed by atoms with Crippen LogP contribution in [0.2, 0.25) is 0 Å². The topological polar surface area (TPSA) is 72.0 Å². The van der Waals surface area contributed by atoms with Gasteiger partial charge in [0.1, 0.15) is 17.0 Å². The highest BCUT2D eigenvalue weighted by molar-refractivity contribution is 5.96. The molecule has 39 heavy (non-hydrogen) atoms. The first-order valence-corrected chi connectivity index (χ1v) is 14.5. The smallest absolute Gasteiger partial charge is 0.255 e. The Kier molecular flexibility index (Phi) is 4.76. The van der Waals surface area contributed by atoms with Gasteiger partial charge in [-0.25, -0.2) is 4.52 Å². The summed E-state index contributed by atoms with van der Waals surface area (Å²) in [6.07, 6.45) is 6.84. The molecule has 3 unspecified atom stereocenters. The highest BCUT2D eigenvalue weighted by Crippen LogP contribution is 2.60. The van der Waals surface area contributed by atoms with E-state index in [1.807, 2.05) is 36.7 Å². The average Bonchev–Trinajstić information content (AvgIpc) is 3.56. The van der Waals surface area contributed by atoms with Gasteiger partial charge in [0.25, 0.3) is 5.91 Å². The lowest BCUT2D eigenvalue weighted by molar-refractivity contribution is -0.0204. The molecule has 4 aromatic rings. The quantitative estimate of drug-likeness (QED) is 0.367. The number of aromatic nitrogens is 3. The summed E-state index contributed by atoms with van der Waals surface area (Å²) in [5.74, 6) is 3.75. The molecule has 0 spiro atoms. The number of pyridine rings is 1. The van der Waals surface area contributed by atoms with E-state index in [9.17, 15) is 9.90 Å². The molecule has 3 aromatic heterocycles. The van der Waals surface area contributed by atoms with Crippen molar-refractivity contribution in [2.45, 2.75) is 64.6 Å². The van der Waals surface area contributed by atoms with Crippen LogP contribution in [0, 0.1) is 30.6 Å². The summed E-state index contributed by atoms with van der Waals surface area (Å²) in [4.78, 5) is 15.8. The van der Waals surface area contributed by atoms with Gasteiger partial charge in [-0.1, -0.05) is 12.1 Å². The Morgan fingerprint density at radius 3 is 2.67 bits per heavy atom. The Hall–Kier alpha value is -3.32. The maximum absolute atomic E-state index is 13.7. The minimum absolute atomic E-state index is 0.102. The molecule has 1 saturated heterocycles. The molecule has 8 rings (SSSR count). The third-order valence-corrected chi connectivity index (χ3v) is 10.2. The van der Waals surface area contributed by atoms with Crippen molar-refractivity contribution in [2.24, 2.45) is 23.7 Å². The monoisotopic (exact) mass is 524 g/mol. The second-order valence-corrected chi connectivity index (χ2v) is 13.1. The van der Waals surface area contributed by atoms with E-state index < -0.39 is 5.60 Å². The van der Waals surface area contributed by atoms with Gasteiger partial charge in [0, 0.05) is 41.8 Å². The number of hydrogen-bond acceptors (Lipinski definition) is 4. The number of aliphatic hydroxyl groups is 1. The third-order valence-electron chi connectivity index (χ3n) is 10.2. The van der Waals surface area contributed by atoms with Crippen molar-refractivity contribution < 1.29 is 14.6 Å². The molecule has 3 saturated carbocycles. The number of amides is 1. The van der Waals surface area contributed by atoms with E-state index in [4.69, 9.17) is 9.84 Å².